The van der Waals surface area contributed by atoms with Crippen molar-refractivity contribution in [1.82, 2.24) is 9.80 Å². The second-order valence-electron chi connectivity index (χ2n) is 24.4. The lowest BCUT2D eigenvalue weighted by atomic mass is 9.31. The maximum absolute atomic E-state index is 13.3. The first-order chi connectivity index (χ1) is 32.4. The highest BCUT2D eigenvalue weighted by molar-refractivity contribution is 8.13. The molecule has 392 valence electrons. The lowest BCUT2D eigenvalue weighted by Gasteiger charge is -2.73. The predicted octanol–water partition coefficient (Wildman–Crippen LogP) is 16.6. The van der Waals surface area contributed by atoms with Crippen molar-refractivity contribution in [2.45, 2.75) is 248 Å². The van der Waals surface area contributed by atoms with Gasteiger partial charge in [-0.2, -0.15) is 0 Å². The molecule has 0 bridgehead atoms. The molecule has 1 unspecified atom stereocenters. The van der Waals surface area contributed by atoms with Crippen LogP contribution in [0.3, 0.4) is 0 Å². The molecule has 8 heteroatoms. The third kappa shape index (κ3) is 15.4. The van der Waals surface area contributed by atoms with Crippen LogP contribution in [0.15, 0.2) is 23.8 Å². The van der Waals surface area contributed by atoms with Crippen LogP contribution in [0.2, 0.25) is 0 Å². The maximum Gasteiger partial charge on any atom is 0.306 e. The number of allylic oxidation sites excluding steroid dienone is 2. The molecule has 0 heterocycles. The molecule has 8 atom stereocenters. The molecule has 0 radical (unpaired) electrons. The molecule has 1 amide bonds. The molecule has 0 spiro atoms. The minimum atomic E-state index is -0.103. The first-order valence-electron chi connectivity index (χ1n) is 28.6. The third-order valence-electron chi connectivity index (χ3n) is 19.5. The minimum absolute atomic E-state index is 0.00641. The fourth-order valence-corrected chi connectivity index (χ4v) is 15.3. The SMILES string of the molecule is CCCCCC/C=C\COC(=O)CCCCCCCN(CCCCCCCC(=O)O[C@H]1CC[C@@]2(C)C(=CC[C@]3(C)[C@]2(C)CC[C@]2(C)C([C@H](C)CCCC(C)C)CC[C@@]32C)C1)C(=O)SCCN(C)C. The number of carbonyl (C=O) groups excluding carboxylic acids is 3. The molecule has 0 N–H and O–H groups in total. The Morgan fingerprint density at radius 3 is 2.01 bits per heavy atom. The average molecular weight is 968 g/mol. The van der Waals surface area contributed by atoms with Crippen LogP contribution in [0.1, 0.15) is 242 Å². The molecule has 0 aromatic heterocycles. The molecule has 3 fully saturated rings. The Labute approximate surface area is 423 Å². The Morgan fingerprint density at radius 1 is 0.706 bits per heavy atom. The summed E-state index contributed by atoms with van der Waals surface area (Å²) in [5, 5.41) is 0.193. The number of unbranched alkanes of at least 4 members (excludes halogenated alkanes) is 12. The number of ether oxygens (including phenoxy) is 2. The van der Waals surface area contributed by atoms with Crippen molar-refractivity contribution >= 4 is 28.9 Å². The molecule has 0 saturated heterocycles. The van der Waals surface area contributed by atoms with Crippen LogP contribution in [-0.4, -0.2) is 79.2 Å². The molecule has 4 rings (SSSR count). The van der Waals surface area contributed by atoms with Gasteiger partial charge in [0, 0.05) is 44.6 Å². The zero-order chi connectivity index (χ0) is 49.9. The van der Waals surface area contributed by atoms with Gasteiger partial charge < -0.3 is 19.3 Å². The second-order valence-corrected chi connectivity index (χ2v) is 25.5. The van der Waals surface area contributed by atoms with E-state index in [1.807, 2.05) is 20.2 Å². The zero-order valence-electron chi connectivity index (χ0n) is 46.2. The summed E-state index contributed by atoms with van der Waals surface area (Å²) in [6, 6.07) is 0. The maximum atomic E-state index is 13.3. The molecule has 3 saturated carbocycles. The number of rotatable bonds is 32. The Morgan fingerprint density at radius 2 is 1.35 bits per heavy atom. The number of nitrogens with zero attached hydrogens (tertiary/aromatic N) is 2. The lowest BCUT2D eigenvalue weighted by molar-refractivity contribution is -0.223. The largest absolute Gasteiger partial charge is 0.462 e. The highest BCUT2D eigenvalue weighted by atomic mass is 32.2. The van der Waals surface area contributed by atoms with Crippen LogP contribution >= 0.6 is 11.8 Å². The molecule has 7 nitrogen and oxygen atoms in total. The molecule has 68 heavy (non-hydrogen) atoms. The van der Waals surface area contributed by atoms with Crippen LogP contribution < -0.4 is 0 Å². The van der Waals surface area contributed by atoms with Gasteiger partial charge in [0.2, 0.25) is 0 Å². The van der Waals surface area contributed by atoms with E-state index in [-0.39, 0.29) is 39.5 Å². The Balaban J connectivity index is 1.14. The summed E-state index contributed by atoms with van der Waals surface area (Å²) in [6.07, 6.45) is 37.5. The number of amides is 1. The van der Waals surface area contributed by atoms with Crippen molar-refractivity contribution in [1.29, 1.82) is 0 Å². The molecule has 0 aliphatic heterocycles. The van der Waals surface area contributed by atoms with Crippen molar-refractivity contribution in [3.63, 3.8) is 0 Å². The third-order valence-corrected chi connectivity index (χ3v) is 20.4. The summed E-state index contributed by atoms with van der Waals surface area (Å²) in [4.78, 5) is 42.8. The fraction of sp³-hybridized carbons (Fsp3) is 0.883. The number of hydrogen-bond donors (Lipinski definition) is 0. The van der Waals surface area contributed by atoms with E-state index in [4.69, 9.17) is 9.47 Å². The number of carbonyl (C=O) groups is 3. The van der Waals surface area contributed by atoms with Crippen molar-refractivity contribution in [3.05, 3.63) is 23.8 Å². The summed E-state index contributed by atoms with van der Waals surface area (Å²) in [7, 11) is 4.10. The van der Waals surface area contributed by atoms with Crippen LogP contribution in [0.25, 0.3) is 0 Å². The van der Waals surface area contributed by atoms with E-state index in [0.29, 0.717) is 30.3 Å². The second kappa shape index (κ2) is 28.4. The Bertz CT molecular complexity index is 1590. The standard InChI is InChI=1S/C60H106N2O5S/c1-12-13-14-15-16-23-28-45-66-53(63)32-24-19-17-21-26-42-62(55(65)68-46-44-61(10)11)43-27-22-18-20-25-33-54(64)67-51-35-37-56(5)50(47-51)34-38-60(9)58(7)39-36-52(49(4)31-29-30-48(2)3)57(58,6)40-41-59(56,60)8/h23,28,34,48-49,51-52H,12-22,24-27,29-33,35-47H2,1-11H3/b28-23-/t49-,51+,52?,56+,57-,58-,59-,60+/m1/s1. The number of fused-ring (bicyclic) bond motifs is 5. The summed E-state index contributed by atoms with van der Waals surface area (Å²) < 4.78 is 11.6. The predicted molar refractivity (Wildman–Crippen MR) is 289 cm³/mol. The van der Waals surface area contributed by atoms with Gasteiger partial charge >= 0.3 is 11.9 Å². The topological polar surface area (TPSA) is 76.1 Å². The van der Waals surface area contributed by atoms with E-state index in [2.05, 4.69) is 84.3 Å². The van der Waals surface area contributed by atoms with Crippen LogP contribution in [-0.2, 0) is 19.1 Å². The van der Waals surface area contributed by atoms with Crippen LogP contribution in [0.4, 0.5) is 4.79 Å². The first-order valence-corrected chi connectivity index (χ1v) is 29.6. The van der Waals surface area contributed by atoms with Crippen molar-refractivity contribution in [2.75, 3.05) is 46.1 Å². The highest BCUT2D eigenvalue weighted by Gasteiger charge is 2.73. The molecule has 4 aliphatic rings. The van der Waals surface area contributed by atoms with Gasteiger partial charge in [-0.25, -0.2) is 0 Å². The number of hydrogen-bond acceptors (Lipinski definition) is 7. The number of thioether (sulfide) groups is 1. The summed E-state index contributed by atoms with van der Waals surface area (Å²) in [5.41, 5.74) is 2.95. The van der Waals surface area contributed by atoms with Crippen LogP contribution in [0, 0.1) is 44.8 Å². The van der Waals surface area contributed by atoms with E-state index in [0.717, 1.165) is 139 Å². The van der Waals surface area contributed by atoms with E-state index in [1.54, 1.807) is 5.57 Å². The Kier molecular flexibility index (Phi) is 24.6. The normalized spacial score (nSPS) is 29.4. The van der Waals surface area contributed by atoms with Crippen molar-refractivity contribution < 1.29 is 23.9 Å². The van der Waals surface area contributed by atoms with Gasteiger partial charge in [-0.15, -0.1) is 0 Å². The van der Waals surface area contributed by atoms with Crippen molar-refractivity contribution in [3.8, 4) is 0 Å². The van der Waals surface area contributed by atoms with Crippen LogP contribution in [0.5, 0.6) is 0 Å². The summed E-state index contributed by atoms with van der Waals surface area (Å²) in [6.45, 7) is 25.8. The summed E-state index contributed by atoms with van der Waals surface area (Å²) in [5.74, 6) is 3.11. The monoisotopic (exact) mass is 967 g/mol. The van der Waals surface area contributed by atoms with Gasteiger partial charge in [0.15, 0.2) is 0 Å². The Hall–Kier alpha value is -1.80. The smallest absolute Gasteiger partial charge is 0.306 e. The average Bonchev–Trinajstić information content (AvgIpc) is 3.57. The molecule has 0 aromatic carbocycles. The van der Waals surface area contributed by atoms with Gasteiger partial charge in [0.05, 0.1) is 0 Å². The van der Waals surface area contributed by atoms with E-state index in [9.17, 15) is 14.4 Å². The first kappa shape index (κ1) is 58.8. The van der Waals surface area contributed by atoms with Gasteiger partial charge in [0.25, 0.3) is 5.24 Å². The van der Waals surface area contributed by atoms with Gasteiger partial charge in [-0.05, 0) is 142 Å². The quantitative estimate of drug-likeness (QED) is 0.0378. The lowest BCUT2D eigenvalue weighted by Crippen LogP contribution is -2.66. The van der Waals surface area contributed by atoms with Gasteiger partial charge in [-0.3, -0.25) is 14.4 Å². The molecular formula is C60H106N2O5S. The van der Waals surface area contributed by atoms with E-state index in [1.165, 1.54) is 82.4 Å². The highest BCUT2D eigenvalue weighted by Crippen LogP contribution is 2.81. The summed E-state index contributed by atoms with van der Waals surface area (Å²) >= 11 is 1.44. The molecule has 0 aromatic rings. The van der Waals surface area contributed by atoms with Crippen molar-refractivity contribution in [2.24, 2.45) is 44.8 Å². The molecule has 4 aliphatic carbocycles. The van der Waals surface area contributed by atoms with Gasteiger partial charge in [-0.1, -0.05) is 175 Å². The minimum Gasteiger partial charge on any atom is -0.462 e. The zero-order valence-corrected chi connectivity index (χ0v) is 47.0. The fourth-order valence-electron chi connectivity index (χ4n) is 14.3. The van der Waals surface area contributed by atoms with E-state index < -0.39 is 0 Å². The molecular weight excluding hydrogens is 861 g/mol. The van der Waals surface area contributed by atoms with E-state index >= 15 is 0 Å². The van der Waals surface area contributed by atoms with Gasteiger partial charge in [0.1, 0.15) is 12.7 Å². The number of esters is 2.